The molecule has 0 amide bonds. The van der Waals surface area contributed by atoms with E-state index in [1.807, 2.05) is 13.8 Å². The highest BCUT2D eigenvalue weighted by atomic mass is 32.2. The molecule has 2 saturated heterocycles. The maximum Gasteiger partial charge on any atom is 0.320 e. The highest BCUT2D eigenvalue weighted by molar-refractivity contribution is 7.99. The number of aliphatic hydroxyl groups excluding tert-OH is 2. The maximum atomic E-state index is 13.8. The van der Waals surface area contributed by atoms with Gasteiger partial charge in [-0.3, -0.25) is 9.59 Å². The first kappa shape index (κ1) is 20.3. The Labute approximate surface area is 176 Å². The predicted molar refractivity (Wildman–Crippen MR) is 107 cm³/mol. The van der Waals surface area contributed by atoms with E-state index in [1.165, 1.54) is 0 Å². The zero-order valence-corrected chi connectivity index (χ0v) is 18.2. The van der Waals surface area contributed by atoms with Crippen LogP contribution in [0.25, 0.3) is 0 Å². The maximum absolute atomic E-state index is 13.8. The van der Waals surface area contributed by atoms with Crippen LogP contribution in [0.1, 0.15) is 46.5 Å². The van der Waals surface area contributed by atoms with E-state index in [9.17, 15) is 19.8 Å². The number of hydrogen-bond donors (Lipinski definition) is 2. The summed E-state index contributed by atoms with van der Waals surface area (Å²) >= 11 is 1.77. The summed E-state index contributed by atoms with van der Waals surface area (Å²) in [6.07, 6.45) is 0.401. The summed E-state index contributed by atoms with van der Waals surface area (Å²) in [5, 5.41) is 21.6. The topological polar surface area (TPSA) is 93.1 Å². The number of ketones is 1. The Kier molecular flexibility index (Phi) is 4.50. The van der Waals surface area contributed by atoms with Crippen LogP contribution in [0, 0.1) is 39.9 Å². The fourth-order valence-corrected chi connectivity index (χ4v) is 8.77. The molecule has 29 heavy (non-hydrogen) atoms. The molecular weight excluding hydrogens is 392 g/mol. The van der Waals surface area contributed by atoms with Crippen LogP contribution in [0.4, 0.5) is 0 Å². The molecule has 5 rings (SSSR count). The Morgan fingerprint density at radius 3 is 2.69 bits per heavy atom. The van der Waals surface area contributed by atoms with Gasteiger partial charge in [-0.2, -0.15) is 11.8 Å². The first-order valence-electron chi connectivity index (χ1n) is 11.0. The van der Waals surface area contributed by atoms with Crippen LogP contribution in [-0.4, -0.2) is 58.6 Å². The number of aliphatic hydroxyl groups is 2. The molecule has 9 atom stereocenters. The van der Waals surface area contributed by atoms with E-state index in [4.69, 9.17) is 9.47 Å². The van der Waals surface area contributed by atoms with E-state index < -0.39 is 34.7 Å². The number of thioether (sulfide) groups is 1. The van der Waals surface area contributed by atoms with Crippen molar-refractivity contribution >= 4 is 23.5 Å². The highest BCUT2D eigenvalue weighted by Gasteiger charge is 2.78. The van der Waals surface area contributed by atoms with Crippen molar-refractivity contribution in [3.05, 3.63) is 0 Å². The van der Waals surface area contributed by atoms with Crippen LogP contribution < -0.4 is 0 Å². The Morgan fingerprint density at radius 2 is 1.97 bits per heavy atom. The molecule has 3 aliphatic carbocycles. The van der Waals surface area contributed by atoms with E-state index in [0.717, 1.165) is 24.3 Å². The molecule has 7 heteroatoms. The highest BCUT2D eigenvalue weighted by Crippen LogP contribution is 2.71. The van der Waals surface area contributed by atoms with Crippen molar-refractivity contribution in [2.75, 3.05) is 18.1 Å². The molecule has 0 aromatic carbocycles. The van der Waals surface area contributed by atoms with Crippen LogP contribution in [0.5, 0.6) is 0 Å². The van der Waals surface area contributed by atoms with Gasteiger partial charge in [-0.1, -0.05) is 20.8 Å². The second-order valence-corrected chi connectivity index (χ2v) is 11.8. The van der Waals surface area contributed by atoms with Gasteiger partial charge in [0.05, 0.1) is 12.7 Å². The van der Waals surface area contributed by atoms with Crippen LogP contribution in [-0.2, 0) is 19.1 Å². The molecule has 0 radical (unpaired) electrons. The third kappa shape index (κ3) is 2.31. The lowest BCUT2D eigenvalue weighted by molar-refractivity contribution is -0.253. The summed E-state index contributed by atoms with van der Waals surface area (Å²) < 4.78 is 11.8. The van der Waals surface area contributed by atoms with Gasteiger partial charge in [-0.05, 0) is 42.3 Å². The third-order valence-electron chi connectivity index (χ3n) is 9.18. The van der Waals surface area contributed by atoms with Crippen LogP contribution in [0.15, 0.2) is 0 Å². The smallest absolute Gasteiger partial charge is 0.320 e. The van der Waals surface area contributed by atoms with Gasteiger partial charge in [-0.25, -0.2) is 0 Å². The number of rotatable bonds is 3. The normalized spacial score (nSPS) is 52.5. The fourth-order valence-electron chi connectivity index (χ4n) is 7.86. The van der Waals surface area contributed by atoms with Crippen molar-refractivity contribution in [3.63, 3.8) is 0 Å². The third-order valence-corrected chi connectivity index (χ3v) is 10.2. The van der Waals surface area contributed by atoms with E-state index in [1.54, 1.807) is 11.8 Å². The lowest BCUT2D eigenvalue weighted by Crippen LogP contribution is -2.70. The number of hydrogen-bond acceptors (Lipinski definition) is 7. The predicted octanol–water partition coefficient (Wildman–Crippen LogP) is 2.01. The van der Waals surface area contributed by atoms with Gasteiger partial charge in [0.2, 0.25) is 0 Å². The first-order valence-corrected chi connectivity index (χ1v) is 12.2. The summed E-state index contributed by atoms with van der Waals surface area (Å²) in [6, 6.07) is 0. The summed E-state index contributed by atoms with van der Waals surface area (Å²) in [5.74, 6) is 1.01. The number of carbonyl (C=O) groups excluding carboxylic acids is 2. The van der Waals surface area contributed by atoms with Gasteiger partial charge in [0.25, 0.3) is 0 Å². The van der Waals surface area contributed by atoms with E-state index >= 15 is 0 Å². The Hall–Kier alpha value is -0.630. The Balaban J connectivity index is 1.62. The van der Waals surface area contributed by atoms with Gasteiger partial charge in [0.15, 0.2) is 12.1 Å². The first-order chi connectivity index (χ1) is 13.7. The molecule has 162 valence electrons. The minimum Gasteiger partial charge on any atom is -0.461 e. The van der Waals surface area contributed by atoms with Gasteiger partial charge in [0, 0.05) is 29.4 Å². The molecule has 5 aliphatic rings. The monoisotopic (exact) mass is 424 g/mol. The van der Waals surface area contributed by atoms with E-state index in [2.05, 4.69) is 6.92 Å². The average molecular weight is 425 g/mol. The lowest BCUT2D eigenvalue weighted by atomic mass is 9.43. The molecule has 2 aliphatic heterocycles. The molecule has 2 bridgehead atoms. The molecule has 6 nitrogen and oxygen atoms in total. The number of Topliss-reactive ketones (excluding diaryl/α,β-unsaturated/α-hetero) is 1. The van der Waals surface area contributed by atoms with Gasteiger partial charge in [0.1, 0.15) is 11.5 Å². The standard InChI is InChI=1S/C22H32O6S/c1-4-29-9-12-11-5-6-13-21(8-11,17(12)24)19(26)28-15-7-14(23)20(2,3)16-18(25)27-10-22(13,15)16/h11-16,18,23,25H,4-10H2,1-3H3. The zero-order chi connectivity index (χ0) is 20.8. The summed E-state index contributed by atoms with van der Waals surface area (Å²) in [5.41, 5.74) is -2.29. The summed E-state index contributed by atoms with van der Waals surface area (Å²) in [4.78, 5) is 27.2. The van der Waals surface area contributed by atoms with Crippen molar-refractivity contribution in [2.45, 2.75) is 65.0 Å². The van der Waals surface area contributed by atoms with Gasteiger partial charge < -0.3 is 19.7 Å². The zero-order valence-electron chi connectivity index (χ0n) is 17.4. The summed E-state index contributed by atoms with van der Waals surface area (Å²) in [7, 11) is 0. The van der Waals surface area contributed by atoms with Crippen LogP contribution >= 0.6 is 11.8 Å². The quantitative estimate of drug-likeness (QED) is 0.529. The molecule has 2 N–H and O–H groups in total. The molecule has 2 heterocycles. The molecular formula is C22H32O6S. The van der Waals surface area contributed by atoms with E-state index in [0.29, 0.717) is 12.8 Å². The minimum atomic E-state index is -1.09. The second kappa shape index (κ2) is 6.44. The minimum absolute atomic E-state index is 0.0628. The average Bonchev–Trinajstić information content (AvgIpc) is 3.13. The van der Waals surface area contributed by atoms with Crippen molar-refractivity contribution in [3.8, 4) is 0 Å². The number of fused-ring (bicyclic) bond motifs is 1. The van der Waals surface area contributed by atoms with Crippen molar-refractivity contribution in [1.29, 1.82) is 0 Å². The van der Waals surface area contributed by atoms with Crippen LogP contribution in [0.3, 0.4) is 0 Å². The van der Waals surface area contributed by atoms with Crippen molar-refractivity contribution in [1.82, 2.24) is 0 Å². The number of carbonyl (C=O) groups is 2. The van der Waals surface area contributed by atoms with Gasteiger partial charge in [-0.15, -0.1) is 0 Å². The molecule has 0 aromatic rings. The van der Waals surface area contributed by atoms with Crippen molar-refractivity contribution in [2.24, 2.45) is 39.9 Å². The molecule has 9 unspecified atom stereocenters. The molecule has 0 aromatic heterocycles. The number of ether oxygens (including phenoxy) is 2. The molecule has 2 spiro atoms. The SMILES string of the molecule is CCSCC1C(=O)C23CC1CCC2C12COC(O)C1C(C)(C)C(O)CC2OC3=O. The second-order valence-electron chi connectivity index (χ2n) is 10.5. The van der Waals surface area contributed by atoms with Gasteiger partial charge >= 0.3 is 5.97 Å². The molecule has 3 saturated carbocycles. The Bertz CT molecular complexity index is 739. The van der Waals surface area contributed by atoms with Crippen molar-refractivity contribution < 1.29 is 29.3 Å². The largest absolute Gasteiger partial charge is 0.461 e. The lowest BCUT2D eigenvalue weighted by Gasteiger charge is -2.62. The Morgan fingerprint density at radius 1 is 1.21 bits per heavy atom. The van der Waals surface area contributed by atoms with Crippen LogP contribution in [0.2, 0.25) is 0 Å². The summed E-state index contributed by atoms with van der Waals surface area (Å²) in [6.45, 7) is 6.30. The number of esters is 1. The fraction of sp³-hybridized carbons (Fsp3) is 0.909. The molecule has 5 fully saturated rings. The van der Waals surface area contributed by atoms with E-state index in [-0.39, 0.29) is 42.0 Å².